The maximum Gasteiger partial charge on any atom is 0.146 e. The first-order chi connectivity index (χ1) is 19.8. The smallest absolute Gasteiger partial charge is 0.146 e. The van der Waals surface area contributed by atoms with Gasteiger partial charge < -0.3 is 9.09 Å². The number of aryl methyl sites for hydroxylation is 2. The van der Waals surface area contributed by atoms with Gasteiger partial charge in [0.25, 0.3) is 0 Å². The van der Waals surface area contributed by atoms with E-state index >= 15 is 0 Å². The molecule has 196 valence electrons. The van der Waals surface area contributed by atoms with Crippen molar-refractivity contribution in [1.29, 1.82) is 0 Å². The lowest BCUT2D eigenvalue weighted by atomic mass is 9.97. The van der Waals surface area contributed by atoms with Gasteiger partial charge in [-0.3, -0.25) is 4.68 Å². The van der Waals surface area contributed by atoms with Crippen LogP contribution in [0.5, 0.6) is 0 Å². The van der Waals surface area contributed by atoms with Crippen LogP contribution in [-0.4, -0.2) is 19.5 Å². The molecular formula is C35H30N4O. The van der Waals surface area contributed by atoms with E-state index in [1.165, 1.54) is 33.1 Å². The molecule has 3 aromatic heterocycles. The molecular weight excluding hydrogens is 492 g/mol. The van der Waals surface area contributed by atoms with Gasteiger partial charge in [-0.25, -0.2) is 0 Å². The lowest BCUT2D eigenvalue weighted by Crippen LogP contribution is -2.00. The van der Waals surface area contributed by atoms with E-state index in [0.29, 0.717) is 0 Å². The lowest BCUT2D eigenvalue weighted by molar-refractivity contribution is 0.381. The molecule has 0 atom stereocenters. The lowest BCUT2D eigenvalue weighted by Gasteiger charge is -2.09. The molecule has 5 nitrogen and oxygen atoms in total. The molecule has 0 aliphatic carbocycles. The fourth-order valence-electron chi connectivity index (χ4n) is 5.92. The molecule has 0 bridgehead atoms. The summed E-state index contributed by atoms with van der Waals surface area (Å²) in [6.45, 7) is 4.89. The molecule has 5 heteroatoms. The van der Waals surface area contributed by atoms with Gasteiger partial charge in [-0.1, -0.05) is 79.7 Å². The highest BCUT2D eigenvalue weighted by Crippen LogP contribution is 2.39. The first kappa shape index (κ1) is 24.2. The number of benzene rings is 4. The van der Waals surface area contributed by atoms with E-state index in [1.54, 1.807) is 0 Å². The van der Waals surface area contributed by atoms with Gasteiger partial charge >= 0.3 is 0 Å². The average molecular weight is 523 g/mol. The minimum atomic E-state index is 0.869. The largest absolute Gasteiger partial charge is 0.360 e. The molecule has 0 saturated carbocycles. The Morgan fingerprint density at radius 2 is 1.48 bits per heavy atom. The van der Waals surface area contributed by atoms with Crippen LogP contribution in [0.25, 0.3) is 61.1 Å². The zero-order valence-electron chi connectivity index (χ0n) is 22.7. The molecule has 7 aromatic rings. The second kappa shape index (κ2) is 10.0. The molecule has 0 N–H and O–H groups in total. The van der Waals surface area contributed by atoms with Crippen LogP contribution in [0.2, 0.25) is 0 Å². The Kier molecular flexibility index (Phi) is 6.05. The van der Waals surface area contributed by atoms with Gasteiger partial charge in [0.2, 0.25) is 0 Å². The Morgan fingerprint density at radius 3 is 2.38 bits per heavy atom. The number of rotatable bonds is 3. The van der Waals surface area contributed by atoms with E-state index in [4.69, 9.17) is 4.52 Å². The molecule has 1 aliphatic rings. The average Bonchev–Trinajstić information content (AvgIpc) is 3.72. The maximum atomic E-state index is 5.85. The van der Waals surface area contributed by atoms with Crippen LogP contribution >= 0.6 is 0 Å². The highest BCUT2D eigenvalue weighted by molar-refractivity contribution is 6.10. The molecule has 0 radical (unpaired) electrons. The van der Waals surface area contributed by atoms with Crippen LogP contribution in [0.4, 0.5) is 0 Å². The summed E-state index contributed by atoms with van der Waals surface area (Å²) in [6.07, 6.45) is 3.72. The third kappa shape index (κ3) is 3.85. The molecule has 0 spiro atoms. The zero-order chi connectivity index (χ0) is 27.1. The van der Waals surface area contributed by atoms with E-state index in [9.17, 15) is 0 Å². The standard InChI is InChI=1S/C33H24N4O.C2H6/c1-2-10-25(11-3-1)37-28-13-5-4-12-26(28)27-21-23(15-16-29(27)37)22-8-6-9-24(20-22)33-32-30-17-18-34-36(30)19-7-14-31(32)38-35-33;1-2/h1-6,8-13,15-18,20-21H,7,14,19H2;1-2H3. The quantitative estimate of drug-likeness (QED) is 0.233. The fraction of sp³-hybridized carbons (Fsp3) is 0.143. The third-order valence-electron chi connectivity index (χ3n) is 7.67. The van der Waals surface area contributed by atoms with Crippen molar-refractivity contribution in [2.75, 3.05) is 0 Å². The van der Waals surface area contributed by atoms with Crippen molar-refractivity contribution in [2.24, 2.45) is 0 Å². The summed E-state index contributed by atoms with van der Waals surface area (Å²) in [4.78, 5) is 0. The number of hydrogen-bond acceptors (Lipinski definition) is 3. The Morgan fingerprint density at radius 1 is 0.700 bits per heavy atom. The summed E-state index contributed by atoms with van der Waals surface area (Å²) in [5.74, 6) is 0.944. The Labute approximate surface area is 233 Å². The van der Waals surface area contributed by atoms with Crippen LogP contribution in [0, 0.1) is 0 Å². The van der Waals surface area contributed by atoms with Crippen molar-refractivity contribution in [3.63, 3.8) is 0 Å². The van der Waals surface area contributed by atoms with Crippen molar-refractivity contribution >= 4 is 21.8 Å². The first-order valence-electron chi connectivity index (χ1n) is 14.1. The van der Waals surface area contributed by atoms with E-state index in [1.807, 2.05) is 20.0 Å². The first-order valence-corrected chi connectivity index (χ1v) is 14.1. The topological polar surface area (TPSA) is 48.8 Å². The Bertz CT molecular complexity index is 1960. The number of hydrogen-bond donors (Lipinski definition) is 0. The van der Waals surface area contributed by atoms with Crippen molar-refractivity contribution in [2.45, 2.75) is 33.2 Å². The molecule has 8 rings (SSSR count). The van der Waals surface area contributed by atoms with E-state index in [-0.39, 0.29) is 0 Å². The summed E-state index contributed by atoms with van der Waals surface area (Å²) in [5, 5.41) is 11.5. The van der Waals surface area contributed by atoms with Gasteiger partial charge in [0.15, 0.2) is 0 Å². The third-order valence-corrected chi connectivity index (χ3v) is 7.67. The number of aromatic nitrogens is 4. The predicted octanol–water partition coefficient (Wildman–Crippen LogP) is 8.94. The Balaban J connectivity index is 0.00000130. The summed E-state index contributed by atoms with van der Waals surface area (Å²) in [5.41, 5.74) is 9.98. The molecule has 4 aromatic carbocycles. The summed E-state index contributed by atoms with van der Waals surface area (Å²) >= 11 is 0. The van der Waals surface area contributed by atoms with E-state index < -0.39 is 0 Å². The number of nitrogens with zero attached hydrogens (tertiary/aromatic N) is 4. The van der Waals surface area contributed by atoms with Crippen LogP contribution in [0.3, 0.4) is 0 Å². The van der Waals surface area contributed by atoms with Crippen molar-refractivity contribution < 1.29 is 4.52 Å². The summed E-state index contributed by atoms with van der Waals surface area (Å²) in [6, 6.07) is 36.7. The van der Waals surface area contributed by atoms with Crippen molar-refractivity contribution in [3.05, 3.63) is 115 Å². The van der Waals surface area contributed by atoms with E-state index in [2.05, 4.69) is 123 Å². The van der Waals surface area contributed by atoms with Gasteiger partial charge in [-0.2, -0.15) is 5.10 Å². The second-order valence-electron chi connectivity index (χ2n) is 9.87. The van der Waals surface area contributed by atoms with Crippen LogP contribution < -0.4 is 0 Å². The van der Waals surface area contributed by atoms with Gasteiger partial charge in [-0.05, 0) is 60.0 Å². The Hall–Kier alpha value is -4.90. The molecule has 0 saturated heterocycles. The normalized spacial score (nSPS) is 12.4. The monoisotopic (exact) mass is 522 g/mol. The van der Waals surface area contributed by atoms with Gasteiger partial charge in [0.1, 0.15) is 11.5 Å². The number of para-hydroxylation sites is 2. The number of fused-ring (bicyclic) bond motifs is 6. The fourth-order valence-corrected chi connectivity index (χ4v) is 5.92. The van der Waals surface area contributed by atoms with Gasteiger partial charge in [-0.15, -0.1) is 0 Å². The highest BCUT2D eigenvalue weighted by Gasteiger charge is 2.24. The van der Waals surface area contributed by atoms with Crippen LogP contribution in [0.1, 0.15) is 26.0 Å². The summed E-state index contributed by atoms with van der Waals surface area (Å²) in [7, 11) is 0. The molecule has 0 fully saturated rings. The zero-order valence-corrected chi connectivity index (χ0v) is 22.7. The SMILES string of the molecule is CC.c1ccc(-n2c3ccccc3c3cc(-c4cccc(-c5noc6c5-c5ccnn5CCC6)c4)ccc32)cc1. The minimum absolute atomic E-state index is 0.869. The molecule has 0 unspecified atom stereocenters. The van der Waals surface area contributed by atoms with Crippen molar-refractivity contribution in [1.82, 2.24) is 19.5 Å². The highest BCUT2D eigenvalue weighted by atomic mass is 16.5. The molecule has 4 heterocycles. The molecule has 40 heavy (non-hydrogen) atoms. The maximum absolute atomic E-state index is 5.85. The van der Waals surface area contributed by atoms with Gasteiger partial charge in [0, 0.05) is 41.2 Å². The summed E-state index contributed by atoms with van der Waals surface area (Å²) < 4.78 is 10.3. The van der Waals surface area contributed by atoms with Crippen LogP contribution in [-0.2, 0) is 13.0 Å². The second-order valence-corrected chi connectivity index (χ2v) is 9.87. The van der Waals surface area contributed by atoms with Crippen molar-refractivity contribution in [3.8, 4) is 39.3 Å². The van der Waals surface area contributed by atoms with E-state index in [0.717, 1.165) is 53.2 Å². The molecule has 0 amide bonds. The predicted molar refractivity (Wildman–Crippen MR) is 163 cm³/mol. The molecule has 1 aliphatic heterocycles. The van der Waals surface area contributed by atoms with Gasteiger partial charge in [0.05, 0.1) is 22.3 Å². The van der Waals surface area contributed by atoms with Crippen LogP contribution in [0.15, 0.2) is 114 Å². The minimum Gasteiger partial charge on any atom is -0.360 e.